The number of nitrogens with zero attached hydrogens (tertiary/aromatic N) is 4. The number of benzene rings is 1. The topological polar surface area (TPSA) is 102 Å². The number of carbonyl (C=O) groups is 1. The number of H-pyrrole nitrogens is 1. The lowest BCUT2D eigenvalue weighted by Gasteiger charge is -2.39. The van der Waals surface area contributed by atoms with Crippen molar-refractivity contribution < 1.29 is 23.4 Å². The number of morpholine rings is 1. The Morgan fingerprint density at radius 2 is 1.82 bits per heavy atom. The van der Waals surface area contributed by atoms with E-state index in [0.717, 1.165) is 5.56 Å². The van der Waals surface area contributed by atoms with Gasteiger partial charge in [-0.1, -0.05) is 0 Å². The lowest BCUT2D eigenvalue weighted by molar-refractivity contribution is -0.235. The molecule has 0 bridgehead atoms. The number of rotatable bonds is 4. The van der Waals surface area contributed by atoms with Crippen LogP contribution in [-0.4, -0.2) is 70.3 Å². The highest BCUT2D eigenvalue weighted by Gasteiger charge is 2.43. The normalized spacial score (nSPS) is 23.1. The minimum absolute atomic E-state index is 0.00199. The lowest BCUT2D eigenvalue weighted by Crippen LogP contribution is -2.53. The molecule has 4 heterocycles. The SMILES string of the molecule is Cc1nccc(-c2[nH]c(C3OCC(C)(C(=O)N4CCOCC4)CO3)nc2-c2ccc(F)cc2)n1. The van der Waals surface area contributed by atoms with Gasteiger partial charge >= 0.3 is 0 Å². The Morgan fingerprint density at radius 1 is 1.12 bits per heavy atom. The third-order valence-corrected chi connectivity index (χ3v) is 6.02. The van der Waals surface area contributed by atoms with Crippen molar-refractivity contribution in [2.24, 2.45) is 5.41 Å². The molecule has 0 radical (unpaired) electrons. The number of aromatic amines is 1. The van der Waals surface area contributed by atoms with E-state index in [0.29, 0.717) is 55.0 Å². The van der Waals surface area contributed by atoms with Crippen molar-refractivity contribution in [1.82, 2.24) is 24.8 Å². The van der Waals surface area contributed by atoms with Crippen LogP contribution in [-0.2, 0) is 19.0 Å². The van der Waals surface area contributed by atoms with Gasteiger partial charge in [-0.15, -0.1) is 0 Å². The average molecular weight is 468 g/mol. The van der Waals surface area contributed by atoms with Crippen molar-refractivity contribution in [1.29, 1.82) is 0 Å². The fourth-order valence-electron chi connectivity index (χ4n) is 4.14. The second kappa shape index (κ2) is 9.21. The van der Waals surface area contributed by atoms with Crippen LogP contribution in [0.1, 0.15) is 24.9 Å². The summed E-state index contributed by atoms with van der Waals surface area (Å²) >= 11 is 0. The summed E-state index contributed by atoms with van der Waals surface area (Å²) in [6.45, 7) is 6.26. The molecule has 0 atom stereocenters. The maximum atomic E-state index is 13.5. The Hall–Kier alpha value is -3.21. The molecule has 0 aliphatic carbocycles. The van der Waals surface area contributed by atoms with E-state index in [1.165, 1.54) is 12.1 Å². The molecule has 1 amide bonds. The van der Waals surface area contributed by atoms with Crippen molar-refractivity contribution in [3.05, 3.63) is 54.0 Å². The molecule has 0 spiro atoms. The quantitative estimate of drug-likeness (QED) is 0.629. The average Bonchev–Trinajstić information content (AvgIpc) is 3.30. The molecule has 1 N–H and O–H groups in total. The summed E-state index contributed by atoms with van der Waals surface area (Å²) in [6.07, 6.45) is 0.893. The Labute approximate surface area is 196 Å². The summed E-state index contributed by atoms with van der Waals surface area (Å²) in [5, 5.41) is 0. The van der Waals surface area contributed by atoms with Crippen molar-refractivity contribution >= 4 is 5.91 Å². The number of carbonyl (C=O) groups excluding carboxylic acids is 1. The summed E-state index contributed by atoms with van der Waals surface area (Å²) in [5.74, 6) is 0.729. The van der Waals surface area contributed by atoms with Crippen molar-refractivity contribution in [3.63, 3.8) is 0 Å². The molecule has 10 heteroatoms. The number of hydrogen-bond donors (Lipinski definition) is 1. The molecule has 178 valence electrons. The van der Waals surface area contributed by atoms with E-state index in [4.69, 9.17) is 19.2 Å². The van der Waals surface area contributed by atoms with Gasteiger partial charge in [0.15, 0.2) is 5.82 Å². The van der Waals surface area contributed by atoms with Gasteiger partial charge in [-0.25, -0.2) is 19.3 Å². The predicted molar refractivity (Wildman–Crippen MR) is 120 cm³/mol. The zero-order valence-electron chi connectivity index (χ0n) is 19.1. The lowest BCUT2D eigenvalue weighted by atomic mass is 9.90. The number of amides is 1. The first kappa shape index (κ1) is 22.6. The van der Waals surface area contributed by atoms with E-state index in [9.17, 15) is 9.18 Å². The predicted octanol–water partition coefficient (Wildman–Crippen LogP) is 2.89. The second-order valence-corrected chi connectivity index (χ2v) is 8.76. The maximum absolute atomic E-state index is 13.5. The molecule has 2 saturated heterocycles. The van der Waals surface area contributed by atoms with Gasteiger partial charge in [-0.2, -0.15) is 0 Å². The van der Waals surface area contributed by atoms with E-state index in [-0.39, 0.29) is 24.9 Å². The minimum atomic E-state index is -0.785. The highest BCUT2D eigenvalue weighted by molar-refractivity contribution is 5.83. The molecule has 2 aliphatic rings. The number of hydrogen-bond acceptors (Lipinski definition) is 7. The first-order valence-electron chi connectivity index (χ1n) is 11.2. The third kappa shape index (κ3) is 4.44. The van der Waals surface area contributed by atoms with Gasteiger partial charge in [-0.05, 0) is 44.2 Å². The fourth-order valence-corrected chi connectivity index (χ4v) is 4.14. The van der Waals surface area contributed by atoms with Crippen LogP contribution < -0.4 is 0 Å². The minimum Gasteiger partial charge on any atom is -0.378 e. The first-order valence-corrected chi connectivity index (χ1v) is 11.2. The molecule has 0 unspecified atom stereocenters. The van der Waals surface area contributed by atoms with E-state index in [1.807, 2.05) is 6.92 Å². The molecule has 2 aromatic heterocycles. The van der Waals surface area contributed by atoms with Crippen LogP contribution in [0.15, 0.2) is 36.5 Å². The monoisotopic (exact) mass is 467 g/mol. The number of aryl methyl sites for hydroxylation is 1. The van der Waals surface area contributed by atoms with Gasteiger partial charge in [0, 0.05) is 24.8 Å². The van der Waals surface area contributed by atoms with Crippen LogP contribution in [0.4, 0.5) is 4.39 Å². The molecule has 2 fully saturated rings. The van der Waals surface area contributed by atoms with Crippen LogP contribution >= 0.6 is 0 Å². The zero-order chi connectivity index (χ0) is 23.7. The molecular weight excluding hydrogens is 441 g/mol. The summed E-state index contributed by atoms with van der Waals surface area (Å²) in [7, 11) is 0. The van der Waals surface area contributed by atoms with Gasteiger partial charge in [0.2, 0.25) is 12.2 Å². The van der Waals surface area contributed by atoms with Gasteiger partial charge < -0.3 is 24.1 Å². The number of imidazole rings is 1. The van der Waals surface area contributed by atoms with Gasteiger partial charge in [0.05, 0.1) is 48.9 Å². The number of halogens is 1. The largest absolute Gasteiger partial charge is 0.378 e. The highest BCUT2D eigenvalue weighted by atomic mass is 19.1. The maximum Gasteiger partial charge on any atom is 0.233 e. The number of aromatic nitrogens is 4. The molecule has 0 saturated carbocycles. The number of ether oxygens (including phenoxy) is 3. The Bertz CT molecular complexity index is 1170. The molecule has 34 heavy (non-hydrogen) atoms. The summed E-state index contributed by atoms with van der Waals surface area (Å²) in [4.78, 5) is 31.5. The Kier molecular flexibility index (Phi) is 6.11. The van der Waals surface area contributed by atoms with E-state index in [1.54, 1.807) is 36.2 Å². The van der Waals surface area contributed by atoms with Gasteiger partial charge in [-0.3, -0.25) is 4.79 Å². The van der Waals surface area contributed by atoms with Crippen molar-refractivity contribution in [3.8, 4) is 22.6 Å². The molecule has 2 aliphatic heterocycles. The molecule has 9 nitrogen and oxygen atoms in total. The smallest absolute Gasteiger partial charge is 0.233 e. The Balaban J connectivity index is 1.40. The second-order valence-electron chi connectivity index (χ2n) is 8.76. The van der Waals surface area contributed by atoms with Crippen LogP contribution in [0.25, 0.3) is 22.6 Å². The summed E-state index contributed by atoms with van der Waals surface area (Å²) in [5.41, 5.74) is 1.83. The van der Waals surface area contributed by atoms with Crippen LogP contribution in [0.3, 0.4) is 0 Å². The molecule has 1 aromatic carbocycles. The van der Waals surface area contributed by atoms with Crippen LogP contribution in [0, 0.1) is 18.2 Å². The molecule has 5 rings (SSSR count). The van der Waals surface area contributed by atoms with E-state index >= 15 is 0 Å². The standard InChI is InChI=1S/C24H26FN5O4/c1-15-26-8-7-18(27-15)20-19(16-3-5-17(25)6-4-16)28-21(29-20)22-33-13-24(2,14-34-22)23(31)30-9-11-32-12-10-30/h3-8,22H,9-14H2,1-2H3,(H,28,29). The first-order chi connectivity index (χ1) is 16.4. The van der Waals surface area contributed by atoms with Crippen LogP contribution in [0.2, 0.25) is 0 Å². The molecular formula is C24H26FN5O4. The fraction of sp³-hybridized carbons (Fsp3) is 0.417. The van der Waals surface area contributed by atoms with E-state index in [2.05, 4.69) is 15.0 Å². The third-order valence-electron chi connectivity index (χ3n) is 6.02. The summed E-state index contributed by atoms with van der Waals surface area (Å²) in [6, 6.07) is 7.86. The zero-order valence-corrected chi connectivity index (χ0v) is 19.1. The van der Waals surface area contributed by atoms with Gasteiger partial charge in [0.1, 0.15) is 11.6 Å². The molecule has 3 aromatic rings. The Morgan fingerprint density at radius 3 is 2.50 bits per heavy atom. The van der Waals surface area contributed by atoms with Crippen molar-refractivity contribution in [2.45, 2.75) is 20.1 Å². The summed E-state index contributed by atoms with van der Waals surface area (Å²) < 4.78 is 30.8. The highest BCUT2D eigenvalue weighted by Crippen LogP contribution is 2.36. The van der Waals surface area contributed by atoms with Gasteiger partial charge in [0.25, 0.3) is 0 Å². The van der Waals surface area contributed by atoms with E-state index < -0.39 is 11.7 Å². The number of nitrogens with one attached hydrogen (secondary N) is 1. The van der Waals surface area contributed by atoms with Crippen LogP contribution in [0.5, 0.6) is 0 Å². The van der Waals surface area contributed by atoms with Crippen molar-refractivity contribution in [2.75, 3.05) is 39.5 Å².